The Morgan fingerprint density at radius 3 is 2.38 bits per heavy atom. The number of ether oxygens (including phenoxy) is 2. The van der Waals surface area contributed by atoms with Crippen LogP contribution in [0.4, 0.5) is 8.78 Å². The Morgan fingerprint density at radius 2 is 1.78 bits per heavy atom. The van der Waals surface area contributed by atoms with Gasteiger partial charge in [0.2, 0.25) is 5.88 Å². The van der Waals surface area contributed by atoms with Crippen molar-refractivity contribution >= 4 is 35.0 Å². The van der Waals surface area contributed by atoms with E-state index in [1.54, 1.807) is 12.1 Å². The summed E-state index contributed by atoms with van der Waals surface area (Å²) in [6, 6.07) is 7.31. The first kappa shape index (κ1) is 22.5. The second-order valence-corrected chi connectivity index (χ2v) is 9.07. The Hall–Kier alpha value is -2.65. The number of nitrogens with one attached hydrogen (secondary N) is 2. The van der Waals surface area contributed by atoms with Crippen LogP contribution in [0.3, 0.4) is 0 Å². The first-order valence-corrected chi connectivity index (χ1v) is 10.5. The van der Waals surface area contributed by atoms with Gasteiger partial charge in [0.25, 0.3) is 11.8 Å². The van der Waals surface area contributed by atoms with E-state index in [4.69, 9.17) is 27.9 Å². The molecule has 1 aromatic carbocycles. The summed E-state index contributed by atoms with van der Waals surface area (Å²) in [6.07, 6.45) is -0.378. The number of aromatic nitrogens is 1. The van der Waals surface area contributed by atoms with Crippen LogP contribution in [0.1, 0.15) is 36.5 Å². The summed E-state index contributed by atoms with van der Waals surface area (Å²) < 4.78 is 35.5. The molecule has 2 aromatic rings. The monoisotopic (exact) mass is 485 g/mol. The van der Waals surface area contributed by atoms with Gasteiger partial charge in [-0.05, 0) is 37.5 Å². The number of hydrogen-bond acceptors (Lipinski definition) is 5. The molecule has 32 heavy (non-hydrogen) atoms. The van der Waals surface area contributed by atoms with Gasteiger partial charge in [0.1, 0.15) is 5.75 Å². The third kappa shape index (κ3) is 4.88. The van der Waals surface area contributed by atoms with Gasteiger partial charge in [-0.15, -0.1) is 0 Å². The maximum Gasteiger partial charge on any atom is 0.396 e. The highest BCUT2D eigenvalue weighted by molar-refractivity contribution is 6.42. The van der Waals surface area contributed by atoms with Gasteiger partial charge in [-0.1, -0.05) is 23.2 Å². The molecule has 1 aromatic heterocycles. The number of benzene rings is 1. The minimum absolute atomic E-state index is 0.171. The van der Waals surface area contributed by atoms with Crippen LogP contribution in [0.5, 0.6) is 11.6 Å². The first-order chi connectivity index (χ1) is 15.0. The molecule has 1 heterocycles. The highest BCUT2D eigenvalue weighted by Crippen LogP contribution is 2.60. The summed E-state index contributed by atoms with van der Waals surface area (Å²) in [5, 5.41) is 6.61. The van der Waals surface area contributed by atoms with E-state index in [1.165, 1.54) is 24.4 Å². The summed E-state index contributed by atoms with van der Waals surface area (Å²) in [6.45, 7) is 0.433. The molecule has 0 saturated heterocycles. The van der Waals surface area contributed by atoms with Crippen molar-refractivity contribution in [1.29, 1.82) is 0 Å². The molecule has 3 fully saturated rings. The second-order valence-electron chi connectivity index (χ2n) is 8.25. The van der Waals surface area contributed by atoms with Crippen molar-refractivity contribution in [3.8, 4) is 11.6 Å². The lowest BCUT2D eigenvalue weighted by atomic mass is 9.44. The fraction of sp³-hybridized carbons (Fsp3) is 0.381. The highest BCUT2D eigenvalue weighted by atomic mass is 35.5. The number of halogens is 4. The number of carbonyl (C=O) groups is 2. The van der Waals surface area contributed by atoms with Gasteiger partial charge in [-0.25, -0.2) is 4.98 Å². The number of hydrogen-bond donors (Lipinski definition) is 2. The molecule has 5 rings (SSSR count). The second kappa shape index (κ2) is 8.04. The van der Waals surface area contributed by atoms with Crippen LogP contribution in [0.15, 0.2) is 36.5 Å². The fourth-order valence-corrected chi connectivity index (χ4v) is 4.46. The summed E-state index contributed by atoms with van der Waals surface area (Å²) >= 11 is 11.8. The third-order valence-corrected chi connectivity index (χ3v) is 6.10. The van der Waals surface area contributed by atoms with Crippen LogP contribution in [0, 0.1) is 0 Å². The molecule has 3 saturated carbocycles. The molecule has 170 valence electrons. The topological polar surface area (TPSA) is 89.6 Å². The lowest BCUT2D eigenvalue weighted by Gasteiger charge is -2.70. The zero-order valence-corrected chi connectivity index (χ0v) is 18.4. The quantitative estimate of drug-likeness (QED) is 0.590. The van der Waals surface area contributed by atoms with E-state index in [0.717, 1.165) is 0 Å². The zero-order valence-electron chi connectivity index (χ0n) is 16.9. The molecule has 3 aliphatic rings. The molecule has 0 aliphatic heterocycles. The molecule has 2 bridgehead atoms. The van der Waals surface area contributed by atoms with E-state index in [0.29, 0.717) is 42.0 Å². The van der Waals surface area contributed by atoms with Crippen LogP contribution < -0.4 is 20.1 Å². The average molecular weight is 486 g/mol. The van der Waals surface area contributed by atoms with Crippen LogP contribution in [-0.2, 0) is 4.79 Å². The van der Waals surface area contributed by atoms with Gasteiger partial charge < -0.3 is 20.1 Å². The Morgan fingerprint density at radius 1 is 1.09 bits per heavy atom. The van der Waals surface area contributed by atoms with Gasteiger partial charge >= 0.3 is 6.11 Å². The zero-order chi connectivity index (χ0) is 23.1. The van der Waals surface area contributed by atoms with E-state index in [-0.39, 0.29) is 40.9 Å². The largest absolute Gasteiger partial charge is 0.484 e. The molecule has 2 amide bonds. The van der Waals surface area contributed by atoms with E-state index in [9.17, 15) is 18.4 Å². The predicted molar refractivity (Wildman–Crippen MR) is 112 cm³/mol. The fourth-order valence-electron chi connectivity index (χ4n) is 4.17. The smallest absolute Gasteiger partial charge is 0.396 e. The summed E-state index contributed by atoms with van der Waals surface area (Å²) in [4.78, 5) is 28.4. The standard InChI is InChI=1S/C21H19Cl2F2N3O4/c1-19(24,25)32-17-5-2-12(7-26-17)18(30)28-21-9-20(10-21,11-21)27-16(29)8-31-13-3-4-14(22)15(23)6-13/h2-7H,8-11H2,1H3,(H,27,29)(H,28,30). The van der Waals surface area contributed by atoms with Gasteiger partial charge in [0.05, 0.1) is 15.6 Å². The van der Waals surface area contributed by atoms with Crippen LogP contribution in [-0.4, -0.2) is 40.6 Å². The van der Waals surface area contributed by atoms with E-state index >= 15 is 0 Å². The van der Waals surface area contributed by atoms with Gasteiger partial charge in [-0.2, -0.15) is 8.78 Å². The summed E-state index contributed by atoms with van der Waals surface area (Å²) in [7, 11) is 0. The summed E-state index contributed by atoms with van der Waals surface area (Å²) in [5.74, 6) is -0.481. The number of amides is 2. The van der Waals surface area contributed by atoms with E-state index < -0.39 is 6.11 Å². The summed E-state index contributed by atoms with van der Waals surface area (Å²) in [5.41, 5.74) is -0.510. The van der Waals surface area contributed by atoms with Crippen molar-refractivity contribution in [2.24, 2.45) is 0 Å². The molecule has 0 radical (unpaired) electrons. The van der Waals surface area contributed by atoms with Crippen molar-refractivity contribution in [3.05, 3.63) is 52.1 Å². The molecule has 11 heteroatoms. The molecule has 3 aliphatic carbocycles. The van der Waals surface area contributed by atoms with Gasteiger partial charge in [-0.3, -0.25) is 9.59 Å². The highest BCUT2D eigenvalue weighted by Gasteiger charge is 2.69. The Balaban J connectivity index is 1.22. The number of rotatable bonds is 8. The Labute approximate surface area is 192 Å². The van der Waals surface area contributed by atoms with Crippen molar-refractivity contribution in [2.45, 2.75) is 43.4 Å². The van der Waals surface area contributed by atoms with Crippen molar-refractivity contribution in [3.63, 3.8) is 0 Å². The van der Waals surface area contributed by atoms with Gasteiger partial charge in [0.15, 0.2) is 6.61 Å². The average Bonchev–Trinajstić information content (AvgIpc) is 2.65. The molecule has 7 nitrogen and oxygen atoms in total. The molecular weight excluding hydrogens is 467 g/mol. The van der Waals surface area contributed by atoms with E-state index in [1.807, 2.05) is 0 Å². The molecule has 0 atom stereocenters. The number of carbonyl (C=O) groups excluding carboxylic acids is 2. The Bertz CT molecular complexity index is 1040. The SMILES string of the molecule is CC(F)(F)Oc1ccc(C(=O)NC23CC(NC(=O)COc4ccc(Cl)c(Cl)c4)(C2)C3)cn1. The Kier molecular flexibility index (Phi) is 5.67. The lowest BCUT2D eigenvalue weighted by molar-refractivity contribution is -0.161. The third-order valence-electron chi connectivity index (χ3n) is 5.36. The van der Waals surface area contributed by atoms with Crippen molar-refractivity contribution in [1.82, 2.24) is 15.6 Å². The van der Waals surface area contributed by atoms with E-state index in [2.05, 4.69) is 20.4 Å². The minimum Gasteiger partial charge on any atom is -0.484 e. The number of alkyl halides is 2. The van der Waals surface area contributed by atoms with Crippen molar-refractivity contribution in [2.75, 3.05) is 6.61 Å². The normalized spacial score (nSPS) is 23.4. The predicted octanol–water partition coefficient (Wildman–Crippen LogP) is 3.98. The maximum absolute atomic E-state index is 12.9. The van der Waals surface area contributed by atoms with Crippen molar-refractivity contribution < 1.29 is 27.8 Å². The number of nitrogens with zero attached hydrogens (tertiary/aromatic N) is 1. The van der Waals surface area contributed by atoms with Crippen LogP contribution in [0.25, 0.3) is 0 Å². The first-order valence-electron chi connectivity index (χ1n) is 9.71. The van der Waals surface area contributed by atoms with Crippen LogP contribution in [0.2, 0.25) is 10.0 Å². The molecule has 0 unspecified atom stereocenters. The molecule has 0 spiro atoms. The van der Waals surface area contributed by atoms with Gasteiger partial charge in [0, 0.05) is 36.3 Å². The molecule has 2 N–H and O–H groups in total. The minimum atomic E-state index is -3.35. The lowest BCUT2D eigenvalue weighted by Crippen LogP contribution is -2.84. The maximum atomic E-state index is 12.9. The van der Waals surface area contributed by atoms with Crippen LogP contribution >= 0.6 is 23.2 Å². The molecular formula is C21H19Cl2F2N3O4. The number of pyridine rings is 1.